The molecule has 2 aromatic rings. The molecule has 2 heteroatoms. The van der Waals surface area contributed by atoms with Crippen LogP contribution in [-0.4, -0.2) is 4.40 Å². The van der Waals surface area contributed by atoms with E-state index in [4.69, 9.17) is 0 Å². The molecular weight excluding hydrogens is 201 g/mol. The van der Waals surface area contributed by atoms with Gasteiger partial charge in [-0.1, -0.05) is 27.7 Å². The Morgan fingerprint density at radius 3 is 2.56 bits per heavy atom. The summed E-state index contributed by atoms with van der Waals surface area (Å²) in [5.41, 5.74) is 3.16. The summed E-state index contributed by atoms with van der Waals surface area (Å²) >= 11 is 0. The number of halogens is 1. The summed E-state index contributed by atoms with van der Waals surface area (Å²) in [5, 5.41) is 0. The Hall–Kier alpha value is -1.31. The minimum absolute atomic E-state index is 0.0593. The number of rotatable bonds is 1. The van der Waals surface area contributed by atoms with Crippen molar-refractivity contribution >= 4 is 5.52 Å². The maximum Gasteiger partial charge on any atom is 0.147 e. The number of aromatic nitrogens is 1. The number of hydrogen-bond donors (Lipinski definition) is 0. The average Bonchev–Trinajstić information content (AvgIpc) is 2.57. The molecule has 0 aliphatic rings. The SMILES string of the molecule is CCc1c(C(C)(C)C)cn2cccc(F)c12. The third kappa shape index (κ3) is 1.62. The zero-order valence-corrected chi connectivity index (χ0v) is 10.3. The van der Waals surface area contributed by atoms with E-state index in [0.29, 0.717) is 0 Å². The van der Waals surface area contributed by atoms with E-state index >= 15 is 0 Å². The van der Waals surface area contributed by atoms with E-state index in [2.05, 4.69) is 33.9 Å². The lowest BCUT2D eigenvalue weighted by Crippen LogP contribution is -2.12. The van der Waals surface area contributed by atoms with E-state index in [-0.39, 0.29) is 11.2 Å². The van der Waals surface area contributed by atoms with E-state index in [0.717, 1.165) is 17.5 Å². The minimum Gasteiger partial charge on any atom is -0.321 e. The summed E-state index contributed by atoms with van der Waals surface area (Å²) in [6.45, 7) is 8.58. The summed E-state index contributed by atoms with van der Waals surface area (Å²) in [4.78, 5) is 0. The van der Waals surface area contributed by atoms with Crippen LogP contribution in [0, 0.1) is 5.82 Å². The Bertz CT molecular complexity index is 517. The van der Waals surface area contributed by atoms with Gasteiger partial charge in [-0.2, -0.15) is 0 Å². The van der Waals surface area contributed by atoms with Gasteiger partial charge in [0.15, 0.2) is 0 Å². The predicted octanol–water partition coefficient (Wildman–Crippen LogP) is 3.94. The highest BCUT2D eigenvalue weighted by Crippen LogP contribution is 2.31. The molecule has 86 valence electrons. The van der Waals surface area contributed by atoms with Gasteiger partial charge in [-0.25, -0.2) is 4.39 Å². The van der Waals surface area contributed by atoms with Crippen LogP contribution in [0.5, 0.6) is 0 Å². The lowest BCUT2D eigenvalue weighted by atomic mass is 9.85. The number of nitrogens with zero attached hydrogens (tertiary/aromatic N) is 1. The Morgan fingerprint density at radius 1 is 1.31 bits per heavy atom. The highest BCUT2D eigenvalue weighted by atomic mass is 19.1. The van der Waals surface area contributed by atoms with Crippen LogP contribution in [0.15, 0.2) is 24.5 Å². The zero-order valence-electron chi connectivity index (χ0n) is 10.3. The van der Waals surface area contributed by atoms with Crippen molar-refractivity contribution in [3.63, 3.8) is 0 Å². The monoisotopic (exact) mass is 219 g/mol. The van der Waals surface area contributed by atoms with Crippen molar-refractivity contribution < 1.29 is 4.39 Å². The lowest BCUT2D eigenvalue weighted by Gasteiger charge is -2.18. The summed E-state index contributed by atoms with van der Waals surface area (Å²) < 4.78 is 15.7. The van der Waals surface area contributed by atoms with Crippen molar-refractivity contribution in [2.75, 3.05) is 0 Å². The van der Waals surface area contributed by atoms with E-state index in [1.165, 1.54) is 11.6 Å². The molecule has 0 N–H and O–H groups in total. The number of aryl methyl sites for hydroxylation is 1. The molecule has 0 unspecified atom stereocenters. The van der Waals surface area contributed by atoms with Gasteiger partial charge in [-0.3, -0.25) is 0 Å². The third-order valence-corrected chi connectivity index (χ3v) is 3.01. The fourth-order valence-electron chi connectivity index (χ4n) is 2.25. The van der Waals surface area contributed by atoms with Crippen LogP contribution in [0.1, 0.15) is 38.8 Å². The molecule has 0 bridgehead atoms. The van der Waals surface area contributed by atoms with Crippen molar-refractivity contribution in [2.45, 2.75) is 39.5 Å². The van der Waals surface area contributed by atoms with E-state index in [9.17, 15) is 4.39 Å². The lowest BCUT2D eigenvalue weighted by molar-refractivity contribution is 0.584. The summed E-state index contributed by atoms with van der Waals surface area (Å²) in [6, 6.07) is 3.27. The van der Waals surface area contributed by atoms with Crippen molar-refractivity contribution in [1.29, 1.82) is 0 Å². The second-order valence-electron chi connectivity index (χ2n) is 5.24. The highest BCUT2D eigenvalue weighted by molar-refractivity contribution is 5.61. The molecule has 1 nitrogen and oxygen atoms in total. The molecule has 2 heterocycles. The van der Waals surface area contributed by atoms with E-state index in [1.54, 1.807) is 6.07 Å². The van der Waals surface area contributed by atoms with Crippen LogP contribution in [0.4, 0.5) is 4.39 Å². The molecule has 0 aliphatic carbocycles. The molecule has 0 amide bonds. The fourth-order valence-corrected chi connectivity index (χ4v) is 2.25. The third-order valence-electron chi connectivity index (χ3n) is 3.01. The van der Waals surface area contributed by atoms with Crippen molar-refractivity contribution in [2.24, 2.45) is 0 Å². The molecule has 0 saturated carbocycles. The molecular formula is C14H18FN. The van der Waals surface area contributed by atoms with Gasteiger partial charge in [-0.15, -0.1) is 0 Å². The largest absolute Gasteiger partial charge is 0.321 e. The van der Waals surface area contributed by atoms with Crippen LogP contribution >= 0.6 is 0 Å². The van der Waals surface area contributed by atoms with Crippen LogP contribution in [-0.2, 0) is 11.8 Å². The van der Waals surface area contributed by atoms with Crippen molar-refractivity contribution in [3.8, 4) is 0 Å². The van der Waals surface area contributed by atoms with Crippen LogP contribution in [0.3, 0.4) is 0 Å². The maximum atomic E-state index is 13.8. The molecule has 0 spiro atoms. The summed E-state index contributed by atoms with van der Waals surface area (Å²) in [7, 11) is 0. The molecule has 0 radical (unpaired) electrons. The number of hydrogen-bond acceptors (Lipinski definition) is 0. The molecule has 2 aromatic heterocycles. The van der Waals surface area contributed by atoms with Gasteiger partial charge in [0, 0.05) is 12.4 Å². The normalized spacial score (nSPS) is 12.3. The Balaban J connectivity index is 2.83. The van der Waals surface area contributed by atoms with Gasteiger partial charge >= 0.3 is 0 Å². The maximum absolute atomic E-state index is 13.8. The highest BCUT2D eigenvalue weighted by Gasteiger charge is 2.22. The summed E-state index contributed by atoms with van der Waals surface area (Å²) in [6.07, 6.45) is 4.83. The van der Waals surface area contributed by atoms with Crippen molar-refractivity contribution in [1.82, 2.24) is 4.40 Å². The predicted molar refractivity (Wildman–Crippen MR) is 65.4 cm³/mol. The molecule has 0 saturated heterocycles. The average molecular weight is 219 g/mol. The van der Waals surface area contributed by atoms with Gasteiger partial charge in [0.2, 0.25) is 0 Å². The number of fused-ring (bicyclic) bond motifs is 1. The van der Waals surface area contributed by atoms with Crippen LogP contribution in [0.2, 0.25) is 0 Å². The van der Waals surface area contributed by atoms with Gasteiger partial charge in [0.1, 0.15) is 5.82 Å². The first-order chi connectivity index (χ1) is 7.45. The molecule has 16 heavy (non-hydrogen) atoms. The van der Waals surface area contributed by atoms with E-state index < -0.39 is 0 Å². The standard InChI is InChI=1S/C14H18FN/c1-5-10-11(14(2,3)4)9-16-8-6-7-12(15)13(10)16/h6-9H,5H2,1-4H3. The van der Waals surface area contributed by atoms with Crippen molar-refractivity contribution in [3.05, 3.63) is 41.5 Å². The Labute approximate surface area is 95.9 Å². The molecule has 0 fully saturated rings. The molecule has 2 rings (SSSR count). The molecule has 0 atom stereocenters. The first-order valence-electron chi connectivity index (χ1n) is 5.73. The Kier molecular flexibility index (Phi) is 2.53. The van der Waals surface area contributed by atoms with Gasteiger partial charge in [0.25, 0.3) is 0 Å². The second kappa shape index (κ2) is 3.62. The second-order valence-corrected chi connectivity index (χ2v) is 5.24. The van der Waals surface area contributed by atoms with Crippen LogP contribution < -0.4 is 0 Å². The van der Waals surface area contributed by atoms with Gasteiger partial charge in [0.05, 0.1) is 5.52 Å². The van der Waals surface area contributed by atoms with Gasteiger partial charge in [-0.05, 0) is 35.1 Å². The molecule has 0 aromatic carbocycles. The first kappa shape index (κ1) is 11.2. The first-order valence-corrected chi connectivity index (χ1v) is 5.73. The van der Waals surface area contributed by atoms with Crippen LogP contribution in [0.25, 0.3) is 5.52 Å². The minimum atomic E-state index is -0.130. The fraction of sp³-hybridized carbons (Fsp3) is 0.429. The van der Waals surface area contributed by atoms with E-state index in [1.807, 2.05) is 10.6 Å². The zero-order chi connectivity index (χ0) is 11.9. The topological polar surface area (TPSA) is 4.41 Å². The smallest absolute Gasteiger partial charge is 0.147 e. The van der Waals surface area contributed by atoms with Gasteiger partial charge < -0.3 is 4.40 Å². The summed E-state index contributed by atoms with van der Waals surface area (Å²) in [5.74, 6) is -0.130. The molecule has 0 aliphatic heterocycles. The number of pyridine rings is 1. The Morgan fingerprint density at radius 2 is 2.00 bits per heavy atom. The quantitative estimate of drug-likeness (QED) is 0.684.